The summed E-state index contributed by atoms with van der Waals surface area (Å²) in [5.41, 5.74) is 5.40. The van der Waals surface area contributed by atoms with E-state index in [1.807, 2.05) is 31.2 Å². The highest BCUT2D eigenvalue weighted by Gasteiger charge is 2.06. The van der Waals surface area contributed by atoms with Gasteiger partial charge in [0.25, 0.3) is 5.91 Å². The van der Waals surface area contributed by atoms with Crippen LogP contribution >= 0.6 is 11.6 Å². The summed E-state index contributed by atoms with van der Waals surface area (Å²) in [6.45, 7) is 3.78. The van der Waals surface area contributed by atoms with Crippen molar-refractivity contribution in [3.63, 3.8) is 0 Å². The molecule has 0 radical (unpaired) electrons. The molecule has 6 heteroatoms. The highest BCUT2D eigenvalue weighted by atomic mass is 35.5. The molecule has 1 amide bonds. The van der Waals surface area contributed by atoms with E-state index in [0.717, 1.165) is 11.3 Å². The lowest BCUT2D eigenvalue weighted by molar-refractivity contribution is -0.119. The van der Waals surface area contributed by atoms with Gasteiger partial charge in [0, 0.05) is 16.3 Å². The fourth-order valence-corrected chi connectivity index (χ4v) is 2.07. The lowest BCUT2D eigenvalue weighted by Crippen LogP contribution is -2.26. The zero-order chi connectivity index (χ0) is 16.8. The molecule has 0 fully saturated rings. The summed E-state index contributed by atoms with van der Waals surface area (Å²) in [7, 11) is 0. The van der Waals surface area contributed by atoms with Crippen LogP contribution < -0.4 is 10.7 Å². The van der Waals surface area contributed by atoms with Crippen molar-refractivity contribution < 1.29 is 9.90 Å². The molecule has 0 spiro atoms. The fraction of sp³-hybridized carbons (Fsp3) is 0.176. The molecule has 23 heavy (non-hydrogen) atoms. The summed E-state index contributed by atoms with van der Waals surface area (Å²) in [4.78, 5) is 11.8. The summed E-state index contributed by atoms with van der Waals surface area (Å²) in [6, 6.07) is 12.4. The van der Waals surface area contributed by atoms with E-state index in [0.29, 0.717) is 16.3 Å². The Bertz CT molecular complexity index is 727. The van der Waals surface area contributed by atoms with E-state index in [9.17, 15) is 9.90 Å². The van der Waals surface area contributed by atoms with E-state index >= 15 is 0 Å². The Morgan fingerprint density at radius 2 is 1.91 bits per heavy atom. The van der Waals surface area contributed by atoms with Crippen LogP contribution in [-0.2, 0) is 4.79 Å². The molecular weight excluding hydrogens is 314 g/mol. The SMILES string of the molecule is C/C(=N\NC(=O)CNc1ccc(C)cc1)c1cc(Cl)ccc1O. The van der Waals surface area contributed by atoms with Gasteiger partial charge in [0.1, 0.15) is 5.75 Å². The highest BCUT2D eigenvalue weighted by molar-refractivity contribution is 6.31. The third-order valence-corrected chi connectivity index (χ3v) is 3.44. The van der Waals surface area contributed by atoms with Gasteiger partial charge >= 0.3 is 0 Å². The molecule has 2 rings (SSSR count). The van der Waals surface area contributed by atoms with E-state index < -0.39 is 0 Å². The van der Waals surface area contributed by atoms with Crippen molar-refractivity contribution in [2.45, 2.75) is 13.8 Å². The Labute approximate surface area is 140 Å². The lowest BCUT2D eigenvalue weighted by Gasteiger charge is -2.07. The van der Waals surface area contributed by atoms with Crippen LogP contribution in [0.25, 0.3) is 0 Å². The number of rotatable bonds is 5. The first-order valence-electron chi connectivity index (χ1n) is 7.08. The summed E-state index contributed by atoms with van der Waals surface area (Å²) < 4.78 is 0. The van der Waals surface area contributed by atoms with Gasteiger partial charge in [0.15, 0.2) is 0 Å². The number of hydrogen-bond acceptors (Lipinski definition) is 4. The number of phenols is 1. The molecule has 120 valence electrons. The molecule has 3 N–H and O–H groups in total. The monoisotopic (exact) mass is 331 g/mol. The predicted molar refractivity (Wildman–Crippen MR) is 93.1 cm³/mol. The maximum Gasteiger partial charge on any atom is 0.259 e. The van der Waals surface area contributed by atoms with Crippen LogP contribution in [0.4, 0.5) is 5.69 Å². The van der Waals surface area contributed by atoms with Crippen LogP contribution in [0.1, 0.15) is 18.1 Å². The number of benzene rings is 2. The number of aryl methyl sites for hydroxylation is 1. The van der Waals surface area contributed by atoms with Crippen LogP contribution in [-0.4, -0.2) is 23.3 Å². The number of aromatic hydroxyl groups is 1. The van der Waals surface area contributed by atoms with Gasteiger partial charge in [-0.15, -0.1) is 0 Å². The van der Waals surface area contributed by atoms with Gasteiger partial charge in [0.2, 0.25) is 0 Å². The van der Waals surface area contributed by atoms with Gasteiger partial charge in [-0.05, 0) is 44.2 Å². The normalized spacial score (nSPS) is 11.2. The Kier molecular flexibility index (Phi) is 5.60. The van der Waals surface area contributed by atoms with Crippen molar-refractivity contribution in [3.05, 3.63) is 58.6 Å². The second kappa shape index (κ2) is 7.65. The molecule has 2 aromatic rings. The predicted octanol–water partition coefficient (Wildman–Crippen LogP) is 3.31. The van der Waals surface area contributed by atoms with Crippen LogP contribution in [0.2, 0.25) is 5.02 Å². The van der Waals surface area contributed by atoms with Gasteiger partial charge in [-0.1, -0.05) is 29.3 Å². The Hall–Kier alpha value is -2.53. The first-order valence-corrected chi connectivity index (χ1v) is 7.46. The minimum Gasteiger partial charge on any atom is -0.507 e. The number of nitrogens with zero attached hydrogens (tertiary/aromatic N) is 1. The summed E-state index contributed by atoms with van der Waals surface area (Å²) in [5, 5.41) is 17.3. The molecule has 0 heterocycles. The highest BCUT2D eigenvalue weighted by Crippen LogP contribution is 2.21. The average molecular weight is 332 g/mol. The molecule has 0 saturated heterocycles. The number of amides is 1. The molecule has 0 atom stereocenters. The number of hydrazone groups is 1. The minimum absolute atomic E-state index is 0.0580. The largest absolute Gasteiger partial charge is 0.507 e. The quantitative estimate of drug-likeness (QED) is 0.581. The van der Waals surface area contributed by atoms with Crippen molar-refractivity contribution in [1.82, 2.24) is 5.43 Å². The molecule has 0 aliphatic rings. The van der Waals surface area contributed by atoms with E-state index in [1.165, 1.54) is 6.07 Å². The van der Waals surface area contributed by atoms with Crippen LogP contribution in [0.15, 0.2) is 47.6 Å². The van der Waals surface area contributed by atoms with Crippen LogP contribution in [0, 0.1) is 6.92 Å². The van der Waals surface area contributed by atoms with Gasteiger partial charge in [-0.25, -0.2) is 5.43 Å². The Balaban J connectivity index is 1.92. The molecule has 0 aromatic heterocycles. The zero-order valence-electron chi connectivity index (χ0n) is 12.9. The number of carbonyl (C=O) groups excluding carboxylic acids is 1. The molecule has 0 saturated carbocycles. The van der Waals surface area contributed by atoms with E-state index in [1.54, 1.807) is 19.1 Å². The summed E-state index contributed by atoms with van der Waals surface area (Å²) in [6.07, 6.45) is 0. The second-order valence-electron chi connectivity index (χ2n) is 5.11. The van der Waals surface area contributed by atoms with Gasteiger partial charge in [0.05, 0.1) is 12.3 Å². The molecule has 0 aliphatic carbocycles. The Morgan fingerprint density at radius 1 is 1.22 bits per heavy atom. The van der Waals surface area contributed by atoms with E-state index in [2.05, 4.69) is 15.8 Å². The topological polar surface area (TPSA) is 73.7 Å². The number of carbonyl (C=O) groups is 1. The second-order valence-corrected chi connectivity index (χ2v) is 5.55. The van der Waals surface area contributed by atoms with Crippen LogP contribution in [0.5, 0.6) is 5.75 Å². The van der Waals surface area contributed by atoms with Gasteiger partial charge in [-0.3, -0.25) is 4.79 Å². The fourth-order valence-electron chi connectivity index (χ4n) is 1.90. The molecule has 0 aliphatic heterocycles. The molecule has 5 nitrogen and oxygen atoms in total. The minimum atomic E-state index is -0.286. The third kappa shape index (κ3) is 5.00. The van der Waals surface area contributed by atoms with Crippen LogP contribution in [0.3, 0.4) is 0 Å². The van der Waals surface area contributed by atoms with E-state index in [-0.39, 0.29) is 18.2 Å². The average Bonchev–Trinajstić information content (AvgIpc) is 2.54. The number of nitrogens with one attached hydrogen (secondary N) is 2. The maximum absolute atomic E-state index is 11.8. The zero-order valence-corrected chi connectivity index (χ0v) is 13.7. The van der Waals surface area contributed by atoms with Crippen molar-refractivity contribution in [2.75, 3.05) is 11.9 Å². The number of halogens is 1. The first kappa shape index (κ1) is 16.8. The van der Waals surface area contributed by atoms with Crippen molar-refractivity contribution >= 4 is 28.9 Å². The van der Waals surface area contributed by atoms with Crippen molar-refractivity contribution in [2.24, 2.45) is 5.10 Å². The first-order chi connectivity index (χ1) is 11.0. The van der Waals surface area contributed by atoms with Crippen molar-refractivity contribution in [3.8, 4) is 5.75 Å². The standard InChI is InChI=1S/C17H18ClN3O2/c1-11-3-6-14(7-4-11)19-10-17(23)21-20-12(2)15-9-13(18)5-8-16(15)22/h3-9,19,22H,10H2,1-2H3,(H,21,23)/b20-12+. The van der Waals surface area contributed by atoms with Crippen molar-refractivity contribution in [1.29, 1.82) is 0 Å². The molecule has 2 aromatic carbocycles. The lowest BCUT2D eigenvalue weighted by atomic mass is 10.1. The van der Waals surface area contributed by atoms with E-state index in [4.69, 9.17) is 11.6 Å². The maximum atomic E-state index is 11.8. The Morgan fingerprint density at radius 3 is 2.61 bits per heavy atom. The van der Waals surface area contributed by atoms with Gasteiger partial charge in [-0.2, -0.15) is 5.10 Å². The molecule has 0 bridgehead atoms. The summed E-state index contributed by atoms with van der Waals surface area (Å²) in [5.74, 6) is -0.228. The van der Waals surface area contributed by atoms with Gasteiger partial charge < -0.3 is 10.4 Å². The number of hydrogen-bond donors (Lipinski definition) is 3. The smallest absolute Gasteiger partial charge is 0.259 e. The third-order valence-electron chi connectivity index (χ3n) is 3.20. The number of anilines is 1. The molecular formula is C17H18ClN3O2. The summed E-state index contributed by atoms with van der Waals surface area (Å²) >= 11 is 5.89. The molecule has 0 unspecified atom stereocenters. The number of phenolic OH excluding ortho intramolecular Hbond substituents is 1.